The van der Waals surface area contributed by atoms with Crippen molar-refractivity contribution in [1.82, 2.24) is 14.9 Å². The van der Waals surface area contributed by atoms with E-state index in [0.717, 1.165) is 36.8 Å². The highest BCUT2D eigenvalue weighted by molar-refractivity contribution is 14.0. The molecule has 0 bridgehead atoms. The number of nitrogens with zero attached hydrogens (tertiary/aromatic N) is 3. The van der Waals surface area contributed by atoms with Crippen LogP contribution in [0.2, 0.25) is 5.02 Å². The van der Waals surface area contributed by atoms with Crippen molar-refractivity contribution in [3.63, 3.8) is 0 Å². The zero-order valence-electron chi connectivity index (χ0n) is 17.4. The zero-order chi connectivity index (χ0) is 20.6. The van der Waals surface area contributed by atoms with Crippen LogP contribution in [0.25, 0.3) is 0 Å². The third-order valence-corrected chi connectivity index (χ3v) is 7.00. The minimum atomic E-state index is -3.26. The number of anilines is 1. The molecule has 0 aliphatic carbocycles. The largest absolute Gasteiger partial charge is 0.369 e. The van der Waals surface area contributed by atoms with E-state index in [1.807, 2.05) is 39.0 Å². The van der Waals surface area contributed by atoms with Crippen LogP contribution in [0, 0.1) is 0 Å². The first-order valence-electron chi connectivity index (χ1n) is 9.92. The number of guanidine groups is 1. The second kappa shape index (κ2) is 12.8. The van der Waals surface area contributed by atoms with Crippen molar-refractivity contribution in [3.8, 4) is 0 Å². The SMILES string of the molecule is CCNC(=NCCS(=O)(=O)N(CC)CC)NC1CCN(c2cccc(Cl)c2)C1.I. The van der Waals surface area contributed by atoms with E-state index < -0.39 is 10.0 Å². The van der Waals surface area contributed by atoms with Gasteiger partial charge in [-0.2, -0.15) is 0 Å². The lowest BCUT2D eigenvalue weighted by Crippen LogP contribution is -2.45. The number of halogens is 2. The van der Waals surface area contributed by atoms with Gasteiger partial charge in [-0.25, -0.2) is 12.7 Å². The lowest BCUT2D eigenvalue weighted by molar-refractivity contribution is 0.445. The fraction of sp³-hybridized carbons (Fsp3) is 0.632. The van der Waals surface area contributed by atoms with E-state index in [4.69, 9.17) is 11.6 Å². The second-order valence-corrected chi connectivity index (χ2v) is 9.24. The van der Waals surface area contributed by atoms with Crippen LogP contribution in [0.4, 0.5) is 5.69 Å². The third-order valence-electron chi connectivity index (χ3n) is 4.76. The standard InChI is InChI=1S/C19H32ClN5O2S.HI/c1-4-21-19(22-11-13-28(26,27)25(5-2)6-3)23-17-10-12-24(15-17)18-9-7-8-16(20)14-18;/h7-9,14,17H,4-6,10-13,15H2,1-3H3,(H2,21,22,23);1H. The maximum Gasteiger partial charge on any atom is 0.215 e. The summed E-state index contributed by atoms with van der Waals surface area (Å²) in [6.45, 7) is 9.42. The van der Waals surface area contributed by atoms with E-state index in [2.05, 4.69) is 26.6 Å². The Labute approximate surface area is 197 Å². The minimum Gasteiger partial charge on any atom is -0.369 e. The fourth-order valence-electron chi connectivity index (χ4n) is 3.32. The Morgan fingerprint density at radius 1 is 1.31 bits per heavy atom. The molecule has 0 amide bonds. The van der Waals surface area contributed by atoms with Gasteiger partial charge >= 0.3 is 0 Å². The van der Waals surface area contributed by atoms with E-state index in [0.29, 0.717) is 19.0 Å². The molecule has 1 aliphatic rings. The van der Waals surface area contributed by atoms with E-state index in [1.54, 1.807) is 0 Å². The van der Waals surface area contributed by atoms with Crippen LogP contribution in [0.3, 0.4) is 0 Å². The summed E-state index contributed by atoms with van der Waals surface area (Å²) in [6.07, 6.45) is 0.981. The van der Waals surface area contributed by atoms with Crippen LogP contribution in [0.1, 0.15) is 27.2 Å². The molecular weight excluding hydrogens is 525 g/mol. The molecule has 7 nitrogen and oxygen atoms in total. The van der Waals surface area contributed by atoms with Crippen molar-refractivity contribution in [2.45, 2.75) is 33.2 Å². The average molecular weight is 558 g/mol. The number of sulfonamides is 1. The summed E-state index contributed by atoms with van der Waals surface area (Å²) >= 11 is 6.10. The van der Waals surface area contributed by atoms with Gasteiger partial charge in [0.15, 0.2) is 5.96 Å². The maximum absolute atomic E-state index is 12.3. The number of hydrogen-bond acceptors (Lipinski definition) is 4. The molecule has 2 rings (SSSR count). The van der Waals surface area contributed by atoms with Gasteiger partial charge in [0, 0.05) is 49.5 Å². The van der Waals surface area contributed by atoms with E-state index >= 15 is 0 Å². The molecule has 1 aromatic carbocycles. The first-order chi connectivity index (χ1) is 13.4. The van der Waals surface area contributed by atoms with Crippen LogP contribution >= 0.6 is 35.6 Å². The van der Waals surface area contributed by atoms with Gasteiger partial charge in [-0.15, -0.1) is 24.0 Å². The predicted molar refractivity (Wildman–Crippen MR) is 133 cm³/mol. The quantitative estimate of drug-likeness (QED) is 0.277. The summed E-state index contributed by atoms with van der Waals surface area (Å²) in [5.74, 6) is 0.681. The Bertz CT molecular complexity index is 759. The molecule has 1 unspecified atom stereocenters. The van der Waals surface area contributed by atoms with Crippen LogP contribution in [-0.2, 0) is 10.0 Å². The van der Waals surface area contributed by atoms with Gasteiger partial charge in [0.2, 0.25) is 10.0 Å². The van der Waals surface area contributed by atoms with Crippen LogP contribution in [0.5, 0.6) is 0 Å². The minimum absolute atomic E-state index is 0. The lowest BCUT2D eigenvalue weighted by Gasteiger charge is -2.21. The number of rotatable bonds is 9. The van der Waals surface area contributed by atoms with Gasteiger partial charge in [0.05, 0.1) is 12.3 Å². The summed E-state index contributed by atoms with van der Waals surface area (Å²) in [7, 11) is -3.26. The molecule has 1 atom stereocenters. The van der Waals surface area contributed by atoms with Crippen molar-refractivity contribution in [3.05, 3.63) is 29.3 Å². The first kappa shape index (κ1) is 26.3. The average Bonchev–Trinajstić information content (AvgIpc) is 3.11. The highest BCUT2D eigenvalue weighted by Gasteiger charge is 2.24. The summed E-state index contributed by atoms with van der Waals surface area (Å²) in [5, 5.41) is 7.37. The maximum atomic E-state index is 12.3. The monoisotopic (exact) mass is 557 g/mol. The Hall–Kier alpha value is -0.780. The topological polar surface area (TPSA) is 77.0 Å². The summed E-state index contributed by atoms with van der Waals surface area (Å²) in [4.78, 5) is 6.76. The molecule has 2 N–H and O–H groups in total. The molecule has 10 heteroatoms. The third kappa shape index (κ3) is 8.10. The molecule has 1 aliphatic heterocycles. The number of benzene rings is 1. The van der Waals surface area contributed by atoms with Crippen molar-refractivity contribution in [2.75, 3.05) is 49.9 Å². The lowest BCUT2D eigenvalue weighted by atomic mass is 10.3. The molecule has 0 spiro atoms. The molecule has 1 aromatic rings. The Kier molecular flexibility index (Phi) is 11.6. The molecule has 1 saturated heterocycles. The molecule has 29 heavy (non-hydrogen) atoms. The molecule has 166 valence electrons. The molecule has 0 aromatic heterocycles. The normalized spacial score (nSPS) is 17.3. The predicted octanol–water partition coefficient (Wildman–Crippen LogP) is 2.76. The van der Waals surface area contributed by atoms with E-state index in [1.165, 1.54) is 4.31 Å². The fourth-order valence-corrected chi connectivity index (χ4v) is 4.87. The highest BCUT2D eigenvalue weighted by atomic mass is 127. The van der Waals surface area contributed by atoms with Crippen molar-refractivity contribution in [2.24, 2.45) is 4.99 Å². The van der Waals surface area contributed by atoms with Gasteiger partial charge in [0.1, 0.15) is 0 Å². The molecular formula is C19H33ClIN5O2S. The first-order valence-corrected chi connectivity index (χ1v) is 11.9. The van der Waals surface area contributed by atoms with Crippen molar-refractivity contribution < 1.29 is 8.42 Å². The van der Waals surface area contributed by atoms with Crippen molar-refractivity contribution >= 4 is 57.2 Å². The Morgan fingerprint density at radius 2 is 2.03 bits per heavy atom. The van der Waals surface area contributed by atoms with Crippen molar-refractivity contribution in [1.29, 1.82) is 0 Å². The number of hydrogen-bond donors (Lipinski definition) is 2. The Balaban J connectivity index is 0.00000420. The van der Waals surface area contributed by atoms with E-state index in [-0.39, 0.29) is 42.3 Å². The Morgan fingerprint density at radius 3 is 2.66 bits per heavy atom. The van der Waals surface area contributed by atoms with Gasteiger partial charge in [0.25, 0.3) is 0 Å². The number of aliphatic imine (C=N–C) groups is 1. The second-order valence-electron chi connectivity index (χ2n) is 6.72. The summed E-state index contributed by atoms with van der Waals surface area (Å²) in [6, 6.07) is 8.11. The zero-order valence-corrected chi connectivity index (χ0v) is 21.3. The van der Waals surface area contributed by atoms with Gasteiger partial charge in [-0.3, -0.25) is 4.99 Å². The van der Waals surface area contributed by atoms with Gasteiger partial charge in [-0.05, 0) is 31.5 Å². The van der Waals surface area contributed by atoms with E-state index in [9.17, 15) is 8.42 Å². The number of nitrogens with one attached hydrogen (secondary N) is 2. The van der Waals surface area contributed by atoms with Gasteiger partial charge in [-0.1, -0.05) is 31.5 Å². The molecule has 1 heterocycles. The summed E-state index contributed by atoms with van der Waals surface area (Å²) < 4.78 is 26.1. The molecule has 0 saturated carbocycles. The molecule has 0 radical (unpaired) electrons. The molecule has 1 fully saturated rings. The summed E-state index contributed by atoms with van der Waals surface area (Å²) in [5.41, 5.74) is 1.11. The van der Waals surface area contributed by atoms with Crippen LogP contribution < -0.4 is 15.5 Å². The highest BCUT2D eigenvalue weighted by Crippen LogP contribution is 2.23. The van der Waals surface area contributed by atoms with Gasteiger partial charge < -0.3 is 15.5 Å². The van der Waals surface area contributed by atoms with Crippen LogP contribution in [-0.4, -0.2) is 69.7 Å². The van der Waals surface area contributed by atoms with Crippen LogP contribution in [0.15, 0.2) is 29.3 Å². The smallest absolute Gasteiger partial charge is 0.215 e.